The number of ether oxygens (including phenoxy) is 1. The second-order valence-electron chi connectivity index (χ2n) is 7.56. The van der Waals surface area contributed by atoms with Crippen LogP contribution in [0.3, 0.4) is 0 Å². The molecule has 5 heterocycles. The molecule has 8 nitrogen and oxygen atoms in total. The van der Waals surface area contributed by atoms with Crippen molar-refractivity contribution >= 4 is 29.0 Å². The van der Waals surface area contributed by atoms with Gasteiger partial charge >= 0.3 is 6.03 Å². The molecular formula is C20H24N6O2. The van der Waals surface area contributed by atoms with Gasteiger partial charge in [-0.1, -0.05) is 0 Å². The first kappa shape index (κ1) is 17.2. The lowest BCUT2D eigenvalue weighted by molar-refractivity contribution is 0.0985. The highest BCUT2D eigenvalue weighted by Gasteiger charge is 2.40. The van der Waals surface area contributed by atoms with Crippen molar-refractivity contribution in [2.45, 2.75) is 25.4 Å². The number of rotatable bonds is 2. The Morgan fingerprint density at radius 3 is 3.04 bits per heavy atom. The van der Waals surface area contributed by atoms with E-state index in [2.05, 4.69) is 39.2 Å². The van der Waals surface area contributed by atoms with Crippen LogP contribution >= 0.6 is 0 Å². The van der Waals surface area contributed by atoms with E-state index in [0.29, 0.717) is 18.9 Å². The smallest absolute Gasteiger partial charge is 0.327 e. The number of morpholine rings is 1. The van der Waals surface area contributed by atoms with E-state index < -0.39 is 0 Å². The van der Waals surface area contributed by atoms with Crippen molar-refractivity contribution in [1.82, 2.24) is 9.97 Å². The van der Waals surface area contributed by atoms with E-state index in [1.165, 1.54) is 0 Å². The van der Waals surface area contributed by atoms with Crippen molar-refractivity contribution in [2.75, 3.05) is 52.9 Å². The van der Waals surface area contributed by atoms with Gasteiger partial charge in [-0.25, -0.2) is 9.78 Å². The van der Waals surface area contributed by atoms with Gasteiger partial charge in [-0.2, -0.15) is 0 Å². The fourth-order valence-corrected chi connectivity index (χ4v) is 4.31. The van der Waals surface area contributed by atoms with Crippen molar-refractivity contribution in [2.24, 2.45) is 0 Å². The molecule has 5 rings (SSSR count). The molecule has 3 aliphatic rings. The van der Waals surface area contributed by atoms with Gasteiger partial charge in [-0.15, -0.1) is 0 Å². The molecule has 0 radical (unpaired) electrons. The van der Waals surface area contributed by atoms with Crippen molar-refractivity contribution < 1.29 is 9.53 Å². The zero-order valence-electron chi connectivity index (χ0n) is 15.9. The van der Waals surface area contributed by atoms with E-state index in [4.69, 9.17) is 9.72 Å². The summed E-state index contributed by atoms with van der Waals surface area (Å²) in [4.78, 5) is 28.6. The normalized spacial score (nSPS) is 23.5. The van der Waals surface area contributed by atoms with Crippen LogP contribution in [-0.2, 0) is 4.74 Å². The minimum absolute atomic E-state index is 0.133. The molecule has 2 bridgehead atoms. The van der Waals surface area contributed by atoms with Crippen molar-refractivity contribution in [3.63, 3.8) is 0 Å². The van der Waals surface area contributed by atoms with Gasteiger partial charge in [0, 0.05) is 25.8 Å². The van der Waals surface area contributed by atoms with Crippen LogP contribution in [-0.4, -0.2) is 60.9 Å². The highest BCUT2D eigenvalue weighted by Crippen LogP contribution is 2.40. The molecule has 0 aliphatic carbocycles. The number of carbonyl (C=O) groups is 1. The number of nitrogens with zero attached hydrogens (tertiary/aromatic N) is 5. The summed E-state index contributed by atoms with van der Waals surface area (Å²) >= 11 is 0. The fourth-order valence-electron chi connectivity index (χ4n) is 4.31. The maximum absolute atomic E-state index is 13.2. The van der Waals surface area contributed by atoms with Crippen molar-refractivity contribution in [3.05, 3.63) is 36.7 Å². The molecule has 2 atom stereocenters. The van der Waals surface area contributed by atoms with Crippen LogP contribution in [0.4, 0.5) is 27.8 Å². The molecule has 28 heavy (non-hydrogen) atoms. The first-order valence-electron chi connectivity index (χ1n) is 9.81. The predicted molar refractivity (Wildman–Crippen MR) is 108 cm³/mol. The van der Waals surface area contributed by atoms with E-state index in [9.17, 15) is 4.79 Å². The largest absolute Gasteiger partial charge is 0.377 e. The Kier molecular flexibility index (Phi) is 4.27. The van der Waals surface area contributed by atoms with E-state index in [-0.39, 0.29) is 18.1 Å². The molecular weight excluding hydrogens is 356 g/mol. The summed E-state index contributed by atoms with van der Waals surface area (Å²) in [5.41, 5.74) is 1.71. The first-order chi connectivity index (χ1) is 13.7. The Hall–Kier alpha value is -2.87. The van der Waals surface area contributed by atoms with Crippen molar-refractivity contribution in [1.29, 1.82) is 0 Å². The highest BCUT2D eigenvalue weighted by molar-refractivity contribution is 6.04. The summed E-state index contributed by atoms with van der Waals surface area (Å²) in [6.07, 6.45) is 4.29. The first-order valence-corrected chi connectivity index (χ1v) is 9.81. The number of anilines is 4. The number of carbonyl (C=O) groups excluding carboxylic acids is 1. The zero-order chi connectivity index (χ0) is 19.1. The quantitative estimate of drug-likeness (QED) is 0.862. The lowest BCUT2D eigenvalue weighted by Gasteiger charge is -2.38. The third-order valence-corrected chi connectivity index (χ3v) is 5.73. The van der Waals surface area contributed by atoms with Gasteiger partial charge in [-0.05, 0) is 37.6 Å². The summed E-state index contributed by atoms with van der Waals surface area (Å²) in [6.45, 7) is 6.13. The highest BCUT2D eigenvalue weighted by atomic mass is 16.5. The average Bonchev–Trinajstić information content (AvgIpc) is 3.13. The topological polar surface area (TPSA) is 73.8 Å². The summed E-state index contributed by atoms with van der Waals surface area (Å²) < 4.78 is 5.56. The Morgan fingerprint density at radius 2 is 2.21 bits per heavy atom. The molecule has 1 N–H and O–H groups in total. The van der Waals surface area contributed by atoms with Gasteiger partial charge < -0.3 is 19.9 Å². The summed E-state index contributed by atoms with van der Waals surface area (Å²) in [5.74, 6) is 1.64. The molecule has 8 heteroatoms. The Bertz CT molecular complexity index is 876. The molecule has 0 aromatic carbocycles. The molecule has 2 amide bonds. The predicted octanol–water partition coefficient (Wildman–Crippen LogP) is 2.33. The summed E-state index contributed by atoms with van der Waals surface area (Å²) in [5, 5.41) is 2.98. The molecule has 1 unspecified atom stereocenters. The molecule has 146 valence electrons. The number of hydrogen-bond donors (Lipinski definition) is 1. The number of aromatic nitrogens is 2. The molecule has 0 spiro atoms. The Morgan fingerprint density at radius 1 is 1.29 bits per heavy atom. The van der Waals surface area contributed by atoms with Gasteiger partial charge in [0.2, 0.25) is 0 Å². The van der Waals surface area contributed by atoms with E-state index in [0.717, 1.165) is 43.4 Å². The van der Waals surface area contributed by atoms with Gasteiger partial charge in [-0.3, -0.25) is 9.88 Å². The van der Waals surface area contributed by atoms with E-state index >= 15 is 0 Å². The lowest BCUT2D eigenvalue weighted by Crippen LogP contribution is -2.49. The van der Waals surface area contributed by atoms with Crippen LogP contribution in [0.25, 0.3) is 0 Å². The third kappa shape index (κ3) is 2.93. The van der Waals surface area contributed by atoms with Gasteiger partial charge in [0.05, 0.1) is 42.9 Å². The SMILES string of the molecule is C[C@H]1COCCN1c1ccc2c(n1)N(C(=O)Nc1cccnc1)C1CCN2C1. The summed E-state index contributed by atoms with van der Waals surface area (Å²) in [6, 6.07) is 8.07. The molecule has 3 aliphatic heterocycles. The molecule has 2 aromatic rings. The zero-order valence-corrected chi connectivity index (χ0v) is 15.9. The Balaban J connectivity index is 1.49. The van der Waals surface area contributed by atoms with E-state index in [1.807, 2.05) is 17.0 Å². The summed E-state index contributed by atoms with van der Waals surface area (Å²) in [7, 11) is 0. The van der Waals surface area contributed by atoms with Crippen molar-refractivity contribution in [3.8, 4) is 0 Å². The monoisotopic (exact) mass is 380 g/mol. The van der Waals surface area contributed by atoms with E-state index in [1.54, 1.807) is 12.4 Å². The van der Waals surface area contributed by atoms with Gasteiger partial charge in [0.25, 0.3) is 0 Å². The number of fused-ring (bicyclic) bond motifs is 4. The number of nitrogens with one attached hydrogen (secondary N) is 1. The number of pyridine rings is 2. The number of hydrogen-bond acceptors (Lipinski definition) is 6. The van der Waals surface area contributed by atoms with Crippen LogP contribution in [0.15, 0.2) is 36.7 Å². The standard InChI is InChI=1S/C20H24N6O2/c1-14-13-28-10-9-25(14)18-5-4-17-19(23-18)26(16-6-8-24(17)12-16)20(27)22-15-3-2-7-21-11-15/h2-5,7,11,14,16H,6,8-10,12-13H2,1H3,(H,22,27)/t14-,16?/m0/s1. The van der Waals surface area contributed by atoms with Crippen LogP contribution in [0, 0.1) is 0 Å². The minimum atomic E-state index is -0.152. The molecule has 0 saturated carbocycles. The number of urea groups is 1. The molecule has 2 fully saturated rings. The second kappa shape index (κ2) is 6.94. The molecule has 2 saturated heterocycles. The lowest BCUT2D eigenvalue weighted by atomic mass is 10.1. The Labute approximate surface area is 164 Å². The van der Waals surface area contributed by atoms with Crippen LogP contribution in [0.2, 0.25) is 0 Å². The molecule has 2 aromatic heterocycles. The maximum Gasteiger partial charge on any atom is 0.327 e. The van der Waals surface area contributed by atoms with Gasteiger partial charge in [0.1, 0.15) is 5.82 Å². The fraction of sp³-hybridized carbons (Fsp3) is 0.450. The average molecular weight is 380 g/mol. The van der Waals surface area contributed by atoms with Crippen LogP contribution in [0.1, 0.15) is 13.3 Å². The van der Waals surface area contributed by atoms with Gasteiger partial charge in [0.15, 0.2) is 5.82 Å². The minimum Gasteiger partial charge on any atom is -0.377 e. The van der Waals surface area contributed by atoms with Crippen LogP contribution in [0.5, 0.6) is 0 Å². The number of amides is 2. The maximum atomic E-state index is 13.2. The van der Waals surface area contributed by atoms with Crippen LogP contribution < -0.4 is 20.0 Å². The third-order valence-electron chi connectivity index (χ3n) is 5.73. The second-order valence-corrected chi connectivity index (χ2v) is 7.56.